The van der Waals surface area contributed by atoms with E-state index in [1.165, 1.54) is 11.0 Å². The molecule has 1 aromatic rings. The highest BCUT2D eigenvalue weighted by atomic mass is 16.4. The van der Waals surface area contributed by atoms with Crippen LogP contribution in [-0.4, -0.2) is 52.1 Å². The van der Waals surface area contributed by atoms with E-state index in [2.05, 4.69) is 48.1 Å². The van der Waals surface area contributed by atoms with Crippen LogP contribution in [0.4, 0.5) is 0 Å². The molecule has 52 heavy (non-hydrogen) atoms. The predicted octanol–water partition coefficient (Wildman–Crippen LogP) is 9.28. The molecular weight excluding hydrogens is 649 g/mol. The van der Waals surface area contributed by atoms with Crippen LogP contribution in [0.2, 0.25) is 0 Å². The van der Waals surface area contributed by atoms with Gasteiger partial charge in [-0.25, -0.2) is 4.79 Å². The average Bonchev–Trinajstić information content (AvgIpc) is 3.51. The number of imide groups is 1. The van der Waals surface area contributed by atoms with Crippen LogP contribution in [0.25, 0.3) is 0 Å². The van der Waals surface area contributed by atoms with E-state index in [0.717, 1.165) is 95.5 Å². The maximum absolute atomic E-state index is 15.5. The SMILES string of the molecule is C=C(C)[C@@H]1CC[C@]2(C(=O)N(CCCCCCCN)C(=O)c3ccccc3C(=O)O)CC[C@]3(C)[C@H](CCC4[C@@]5(C)CC[C@H](O)C(C)(C)[C@@H]5CC[C@]43C)[C@@H]12. The highest BCUT2D eigenvalue weighted by molar-refractivity contribution is 6.11. The number of aromatic carboxylic acids is 1. The van der Waals surface area contributed by atoms with Crippen molar-refractivity contribution in [1.82, 2.24) is 4.90 Å². The zero-order valence-electron chi connectivity index (χ0n) is 33.1. The number of carbonyl (C=O) groups is 3. The Morgan fingerprint density at radius 2 is 1.48 bits per heavy atom. The van der Waals surface area contributed by atoms with Crippen LogP contribution in [0.1, 0.15) is 159 Å². The van der Waals surface area contributed by atoms with Crippen molar-refractivity contribution < 1.29 is 24.6 Å². The lowest BCUT2D eigenvalue weighted by Gasteiger charge is -2.72. The fourth-order valence-electron chi connectivity index (χ4n) is 14.0. The first-order valence-corrected chi connectivity index (χ1v) is 20.7. The van der Waals surface area contributed by atoms with E-state index >= 15 is 4.79 Å². The Kier molecular flexibility index (Phi) is 10.8. The fourth-order valence-corrected chi connectivity index (χ4v) is 14.0. The summed E-state index contributed by atoms with van der Waals surface area (Å²) in [7, 11) is 0. The second kappa shape index (κ2) is 14.3. The summed E-state index contributed by atoms with van der Waals surface area (Å²) in [5.74, 6) is -0.0279. The molecule has 5 saturated carbocycles. The third-order valence-corrected chi connectivity index (χ3v) is 16.9. The van der Waals surface area contributed by atoms with Gasteiger partial charge in [-0.15, -0.1) is 0 Å². The van der Waals surface area contributed by atoms with E-state index in [0.29, 0.717) is 37.3 Å². The molecule has 0 heterocycles. The minimum Gasteiger partial charge on any atom is -0.478 e. The Bertz CT molecular complexity index is 1550. The molecule has 288 valence electrons. The normalized spacial score (nSPS) is 39.0. The molecule has 0 radical (unpaired) electrons. The molecular formula is C45H68N2O5. The highest BCUT2D eigenvalue weighted by Gasteiger charge is 2.72. The van der Waals surface area contributed by atoms with Crippen LogP contribution in [-0.2, 0) is 4.79 Å². The van der Waals surface area contributed by atoms with Gasteiger partial charge in [0, 0.05) is 6.54 Å². The number of carbonyl (C=O) groups excluding carboxylic acids is 2. The monoisotopic (exact) mass is 717 g/mol. The van der Waals surface area contributed by atoms with Crippen molar-refractivity contribution in [2.24, 2.45) is 62.4 Å². The molecule has 0 spiro atoms. The second-order valence-electron chi connectivity index (χ2n) is 19.4. The summed E-state index contributed by atoms with van der Waals surface area (Å²) in [5.41, 5.74) is 6.43. The molecule has 1 unspecified atom stereocenters. The van der Waals surface area contributed by atoms with Crippen molar-refractivity contribution >= 4 is 17.8 Å². The minimum absolute atomic E-state index is 0.0321. The molecule has 1 aromatic carbocycles. The number of carboxylic acids is 1. The van der Waals surface area contributed by atoms with Crippen molar-refractivity contribution in [2.45, 2.75) is 144 Å². The van der Waals surface area contributed by atoms with Crippen LogP contribution in [0.3, 0.4) is 0 Å². The number of hydrogen-bond donors (Lipinski definition) is 3. The maximum atomic E-state index is 15.5. The van der Waals surface area contributed by atoms with Gasteiger partial charge in [0.15, 0.2) is 0 Å². The van der Waals surface area contributed by atoms with Crippen LogP contribution in [0.5, 0.6) is 0 Å². The van der Waals surface area contributed by atoms with Gasteiger partial charge in [-0.3, -0.25) is 14.5 Å². The molecule has 0 aliphatic heterocycles. The van der Waals surface area contributed by atoms with E-state index in [9.17, 15) is 19.8 Å². The Balaban J connectivity index is 1.37. The summed E-state index contributed by atoms with van der Waals surface area (Å²) in [4.78, 5) is 43.8. The van der Waals surface area contributed by atoms with E-state index in [-0.39, 0.29) is 56.6 Å². The summed E-state index contributed by atoms with van der Waals surface area (Å²) < 4.78 is 0. The predicted molar refractivity (Wildman–Crippen MR) is 207 cm³/mol. The molecule has 0 bridgehead atoms. The van der Waals surface area contributed by atoms with Gasteiger partial charge in [-0.05, 0) is 154 Å². The van der Waals surface area contributed by atoms with Crippen LogP contribution in [0, 0.1) is 56.7 Å². The zero-order valence-corrected chi connectivity index (χ0v) is 33.1. The Labute approximate surface area is 313 Å². The number of fused-ring (bicyclic) bond motifs is 7. The Hall–Kier alpha value is -2.51. The van der Waals surface area contributed by atoms with Gasteiger partial charge in [-0.2, -0.15) is 0 Å². The third-order valence-electron chi connectivity index (χ3n) is 16.9. The molecule has 5 aliphatic carbocycles. The molecule has 4 N–H and O–H groups in total. The van der Waals surface area contributed by atoms with Gasteiger partial charge >= 0.3 is 5.97 Å². The van der Waals surface area contributed by atoms with E-state index < -0.39 is 17.3 Å². The number of nitrogens with zero attached hydrogens (tertiary/aromatic N) is 1. The number of benzene rings is 1. The Morgan fingerprint density at radius 3 is 2.15 bits per heavy atom. The lowest BCUT2D eigenvalue weighted by molar-refractivity contribution is -0.247. The lowest BCUT2D eigenvalue weighted by Crippen LogP contribution is -2.67. The summed E-state index contributed by atoms with van der Waals surface area (Å²) >= 11 is 0. The van der Waals surface area contributed by atoms with Gasteiger partial charge in [-0.1, -0.05) is 78.2 Å². The van der Waals surface area contributed by atoms with E-state index in [1.54, 1.807) is 18.2 Å². The number of nitrogens with two attached hydrogens (primary N) is 1. The van der Waals surface area contributed by atoms with Crippen molar-refractivity contribution in [1.29, 1.82) is 0 Å². The van der Waals surface area contributed by atoms with Gasteiger partial charge in [0.1, 0.15) is 0 Å². The summed E-state index contributed by atoms with van der Waals surface area (Å²) in [6.45, 7) is 19.9. The highest BCUT2D eigenvalue weighted by Crippen LogP contribution is 2.77. The van der Waals surface area contributed by atoms with Gasteiger partial charge < -0.3 is 15.9 Å². The molecule has 6 rings (SSSR count). The van der Waals surface area contributed by atoms with Gasteiger partial charge in [0.25, 0.3) is 5.91 Å². The smallest absolute Gasteiger partial charge is 0.336 e. The average molecular weight is 717 g/mol. The molecule has 5 fully saturated rings. The van der Waals surface area contributed by atoms with Crippen molar-refractivity contribution in [3.05, 3.63) is 47.5 Å². The first kappa shape index (κ1) is 39.2. The third kappa shape index (κ3) is 5.94. The molecule has 10 atom stereocenters. The molecule has 7 heteroatoms. The summed E-state index contributed by atoms with van der Waals surface area (Å²) in [5, 5.41) is 21.2. The van der Waals surface area contributed by atoms with Crippen molar-refractivity contribution in [2.75, 3.05) is 13.1 Å². The lowest BCUT2D eigenvalue weighted by atomic mass is 9.32. The fraction of sp³-hybridized carbons (Fsp3) is 0.756. The Morgan fingerprint density at radius 1 is 0.808 bits per heavy atom. The summed E-state index contributed by atoms with van der Waals surface area (Å²) in [6.07, 6.45) is 14.1. The second-order valence-corrected chi connectivity index (χ2v) is 19.4. The summed E-state index contributed by atoms with van der Waals surface area (Å²) in [6, 6.07) is 6.36. The molecule has 7 nitrogen and oxygen atoms in total. The topological polar surface area (TPSA) is 121 Å². The standard InChI is InChI=1S/C45H68N2O5/c1-29(2)30-19-24-45(40(52)47(28-14-10-8-9-13-27-46)38(49)31-15-11-12-16-32(31)39(50)51)26-25-43(6)33(37(30)45)17-18-35-42(5)22-21-36(48)41(3,4)34(42)20-23-44(35,43)7/h11-12,15-16,30,33-37,48H,1,8-10,13-14,17-28,46H2,2-7H3,(H,50,51)/t30-,33+,34-,35?,36-,37+,42-,43+,44+,45-/m0/s1. The number of aliphatic hydroxyl groups excluding tert-OH is 1. The number of amides is 2. The molecule has 5 aliphatic rings. The van der Waals surface area contributed by atoms with Crippen LogP contribution >= 0.6 is 0 Å². The van der Waals surface area contributed by atoms with Crippen LogP contribution < -0.4 is 5.73 Å². The zero-order chi connectivity index (χ0) is 37.9. The van der Waals surface area contributed by atoms with Crippen molar-refractivity contribution in [3.63, 3.8) is 0 Å². The molecule has 0 saturated heterocycles. The first-order chi connectivity index (χ1) is 24.5. The van der Waals surface area contributed by atoms with Gasteiger partial charge in [0.05, 0.1) is 22.6 Å². The number of rotatable bonds is 11. The number of aliphatic hydroxyl groups is 1. The maximum Gasteiger partial charge on any atom is 0.336 e. The largest absolute Gasteiger partial charge is 0.478 e. The van der Waals surface area contributed by atoms with E-state index in [4.69, 9.17) is 5.73 Å². The van der Waals surface area contributed by atoms with E-state index in [1.807, 2.05) is 0 Å². The first-order valence-electron chi connectivity index (χ1n) is 20.7. The van der Waals surface area contributed by atoms with Crippen LogP contribution in [0.15, 0.2) is 36.4 Å². The number of allylic oxidation sites excluding steroid dienone is 1. The molecule has 0 aromatic heterocycles. The van der Waals surface area contributed by atoms with Crippen molar-refractivity contribution in [3.8, 4) is 0 Å². The molecule has 2 amide bonds. The van der Waals surface area contributed by atoms with Gasteiger partial charge in [0.2, 0.25) is 5.91 Å². The number of unbranched alkanes of at least 4 members (excludes halogenated alkanes) is 4. The number of carboxylic acid groups (broad SMARTS) is 1. The number of hydrogen-bond acceptors (Lipinski definition) is 5. The minimum atomic E-state index is -1.16. The quantitative estimate of drug-likeness (QED) is 0.119.